The summed E-state index contributed by atoms with van der Waals surface area (Å²) in [4.78, 5) is 24.2. The second kappa shape index (κ2) is 7.09. The molecule has 0 aromatic heterocycles. The zero-order chi connectivity index (χ0) is 17.8. The lowest BCUT2D eigenvalue weighted by atomic mass is 10.0. The van der Waals surface area contributed by atoms with Crippen LogP contribution in [0.3, 0.4) is 0 Å². The number of carbonyl (C=O) groups is 2. The van der Waals surface area contributed by atoms with E-state index >= 15 is 0 Å². The van der Waals surface area contributed by atoms with Crippen molar-refractivity contribution in [1.82, 2.24) is 10.6 Å². The number of fused-ring (bicyclic) bond motifs is 1. The fourth-order valence-electron chi connectivity index (χ4n) is 2.77. The number of nitrogens with one attached hydrogen (secondary N) is 3. The topological polar surface area (TPSA) is 79.5 Å². The van der Waals surface area contributed by atoms with Crippen LogP contribution in [0, 0.1) is 0 Å². The van der Waals surface area contributed by atoms with Crippen molar-refractivity contribution in [2.75, 3.05) is 12.4 Å². The molecule has 1 heterocycles. The monoisotopic (exact) mass is 337 g/mol. The van der Waals surface area contributed by atoms with Gasteiger partial charge in [-0.25, -0.2) is 0 Å². The number of carbonyl (C=O) groups excluding carboxylic acids is 2. The van der Waals surface area contributed by atoms with Gasteiger partial charge in [0.25, 0.3) is 5.91 Å². The van der Waals surface area contributed by atoms with Crippen LogP contribution < -0.4 is 16.0 Å². The second-order valence-electron chi connectivity index (χ2n) is 5.62. The van der Waals surface area contributed by atoms with E-state index in [0.29, 0.717) is 16.9 Å². The van der Waals surface area contributed by atoms with Gasteiger partial charge in [0.15, 0.2) is 0 Å². The molecule has 0 radical (unpaired) electrons. The van der Waals surface area contributed by atoms with Gasteiger partial charge >= 0.3 is 0 Å². The van der Waals surface area contributed by atoms with Crippen LogP contribution in [0.15, 0.2) is 66.2 Å². The van der Waals surface area contributed by atoms with E-state index < -0.39 is 6.04 Å². The van der Waals surface area contributed by atoms with Gasteiger partial charge in [-0.05, 0) is 17.7 Å². The Labute approximate surface area is 145 Å². The first kappa shape index (κ1) is 16.6. The molecule has 0 fully saturated rings. The summed E-state index contributed by atoms with van der Waals surface area (Å²) >= 11 is 0. The summed E-state index contributed by atoms with van der Waals surface area (Å²) in [5, 5.41) is 8.89. The maximum Gasteiger partial charge on any atom is 0.257 e. The second-order valence-corrected chi connectivity index (χ2v) is 5.62. The minimum atomic E-state index is -0.393. The molecule has 128 valence electrons. The third kappa shape index (κ3) is 3.47. The molecule has 0 spiro atoms. The number of rotatable bonds is 3. The van der Waals surface area contributed by atoms with E-state index in [1.54, 1.807) is 12.1 Å². The van der Waals surface area contributed by atoms with Crippen LogP contribution in [0.25, 0.3) is 0 Å². The maximum absolute atomic E-state index is 12.6. The third-order valence-corrected chi connectivity index (χ3v) is 3.88. The van der Waals surface area contributed by atoms with Crippen LogP contribution in [-0.4, -0.2) is 18.9 Å². The Morgan fingerprint density at radius 1 is 1.08 bits per heavy atom. The fourth-order valence-corrected chi connectivity index (χ4v) is 2.77. The average Bonchev–Trinajstić information content (AvgIpc) is 2.77. The molecule has 3 N–H and O–H groups in total. The first-order valence-corrected chi connectivity index (χ1v) is 7.87. The molecule has 2 amide bonds. The third-order valence-electron chi connectivity index (χ3n) is 3.88. The van der Waals surface area contributed by atoms with Crippen LogP contribution in [0.2, 0.25) is 0 Å². The summed E-state index contributed by atoms with van der Waals surface area (Å²) in [7, 11) is 1.45. The number of ether oxygens (including phenoxy) is 1. The molecule has 0 bridgehead atoms. The van der Waals surface area contributed by atoms with Gasteiger partial charge in [-0.15, -0.1) is 0 Å². The van der Waals surface area contributed by atoms with Crippen molar-refractivity contribution >= 4 is 17.5 Å². The lowest BCUT2D eigenvalue weighted by Crippen LogP contribution is -2.32. The molecule has 1 unspecified atom stereocenters. The molecule has 0 saturated heterocycles. The number of benzene rings is 2. The number of anilines is 1. The van der Waals surface area contributed by atoms with Crippen molar-refractivity contribution in [2.24, 2.45) is 0 Å². The highest BCUT2D eigenvalue weighted by molar-refractivity contribution is 6.01. The van der Waals surface area contributed by atoms with Crippen molar-refractivity contribution in [3.8, 4) is 0 Å². The number of hydrogen-bond donors (Lipinski definition) is 3. The Kier molecular flexibility index (Phi) is 4.70. The summed E-state index contributed by atoms with van der Waals surface area (Å²) in [5.41, 5.74) is 2.61. The van der Waals surface area contributed by atoms with Gasteiger partial charge in [-0.3, -0.25) is 14.9 Å². The smallest absolute Gasteiger partial charge is 0.257 e. The molecule has 2 aromatic carbocycles. The standard InChI is InChI=1S/C19H19N3O3/c1-12(23)20-19(25-2)17-16(13-8-4-3-5-9-13)21-15-11-7-6-10-14(15)18(24)22-17/h3-11,16,21H,1-2H3,(H,20,23)(H,22,24)/b19-17+. The minimum absolute atomic E-state index is 0.204. The summed E-state index contributed by atoms with van der Waals surface area (Å²) < 4.78 is 5.35. The van der Waals surface area contributed by atoms with Gasteiger partial charge in [0, 0.05) is 12.6 Å². The SMILES string of the molecule is CO/C(NC(C)=O)=C1/NC(=O)c2ccccc2NC1c1ccccc1. The number of para-hydroxylation sites is 1. The fraction of sp³-hybridized carbons (Fsp3) is 0.158. The molecule has 25 heavy (non-hydrogen) atoms. The van der Waals surface area contributed by atoms with Crippen molar-refractivity contribution in [2.45, 2.75) is 13.0 Å². The first-order valence-electron chi connectivity index (χ1n) is 7.87. The van der Waals surface area contributed by atoms with Gasteiger partial charge in [-0.1, -0.05) is 42.5 Å². The van der Waals surface area contributed by atoms with Crippen molar-refractivity contribution < 1.29 is 14.3 Å². The first-order chi connectivity index (χ1) is 12.1. The predicted molar refractivity (Wildman–Crippen MR) is 94.6 cm³/mol. The van der Waals surface area contributed by atoms with Crippen LogP contribution in [0.5, 0.6) is 0 Å². The van der Waals surface area contributed by atoms with E-state index in [-0.39, 0.29) is 17.7 Å². The lowest BCUT2D eigenvalue weighted by Gasteiger charge is -2.23. The molecule has 6 heteroatoms. The Morgan fingerprint density at radius 3 is 2.44 bits per heavy atom. The Bertz CT molecular complexity index is 831. The van der Waals surface area contributed by atoms with E-state index in [0.717, 1.165) is 5.56 Å². The summed E-state index contributed by atoms with van der Waals surface area (Å²) in [5.74, 6) is -0.349. The molecule has 6 nitrogen and oxygen atoms in total. The molecule has 0 saturated carbocycles. The number of methoxy groups -OCH3 is 1. The number of hydrogen-bond acceptors (Lipinski definition) is 4. The molecule has 1 aliphatic heterocycles. The van der Waals surface area contributed by atoms with E-state index in [2.05, 4.69) is 16.0 Å². The summed E-state index contributed by atoms with van der Waals surface area (Å²) in [6.45, 7) is 1.39. The minimum Gasteiger partial charge on any atom is -0.481 e. The molecule has 3 rings (SSSR count). The van der Waals surface area contributed by atoms with Crippen LogP contribution in [-0.2, 0) is 9.53 Å². The van der Waals surface area contributed by atoms with E-state index in [4.69, 9.17) is 4.74 Å². The predicted octanol–water partition coefficient (Wildman–Crippen LogP) is 2.53. The highest BCUT2D eigenvalue weighted by Gasteiger charge is 2.29. The van der Waals surface area contributed by atoms with Gasteiger partial charge < -0.3 is 15.4 Å². The van der Waals surface area contributed by atoms with E-state index in [1.807, 2.05) is 42.5 Å². The van der Waals surface area contributed by atoms with Crippen molar-refractivity contribution in [3.05, 3.63) is 77.3 Å². The Morgan fingerprint density at radius 2 is 1.76 bits per heavy atom. The van der Waals surface area contributed by atoms with E-state index in [9.17, 15) is 9.59 Å². The zero-order valence-corrected chi connectivity index (χ0v) is 14.0. The normalized spacial score (nSPS) is 18.2. The quantitative estimate of drug-likeness (QED) is 0.752. The highest BCUT2D eigenvalue weighted by atomic mass is 16.5. The molecule has 1 aliphatic rings. The van der Waals surface area contributed by atoms with Gasteiger partial charge in [0.05, 0.1) is 18.7 Å². The average molecular weight is 337 g/mol. The largest absolute Gasteiger partial charge is 0.481 e. The zero-order valence-electron chi connectivity index (χ0n) is 14.0. The molecule has 1 atom stereocenters. The summed E-state index contributed by atoms with van der Waals surface area (Å²) in [6, 6.07) is 16.5. The van der Waals surface area contributed by atoms with E-state index in [1.165, 1.54) is 14.0 Å². The van der Waals surface area contributed by atoms with Gasteiger partial charge in [-0.2, -0.15) is 0 Å². The maximum atomic E-state index is 12.6. The van der Waals surface area contributed by atoms with Crippen molar-refractivity contribution in [1.29, 1.82) is 0 Å². The van der Waals surface area contributed by atoms with Gasteiger partial charge in [0.2, 0.25) is 11.8 Å². The van der Waals surface area contributed by atoms with Gasteiger partial charge in [0.1, 0.15) is 5.70 Å². The van der Waals surface area contributed by atoms with Crippen LogP contribution in [0.1, 0.15) is 28.9 Å². The van der Waals surface area contributed by atoms with Crippen LogP contribution >= 0.6 is 0 Å². The highest BCUT2D eigenvalue weighted by Crippen LogP contribution is 2.31. The number of amides is 2. The molecule has 0 aliphatic carbocycles. The molecular weight excluding hydrogens is 318 g/mol. The lowest BCUT2D eigenvalue weighted by molar-refractivity contribution is -0.119. The Balaban J connectivity index is 2.16. The van der Waals surface area contributed by atoms with Crippen molar-refractivity contribution in [3.63, 3.8) is 0 Å². The molecular formula is C19H19N3O3. The summed E-state index contributed by atoms with van der Waals surface area (Å²) in [6.07, 6.45) is 0. The van der Waals surface area contributed by atoms with Crippen LogP contribution in [0.4, 0.5) is 5.69 Å². The molecule has 2 aromatic rings. The Hall–Kier alpha value is -3.28.